The quantitative estimate of drug-likeness (QED) is 0.159. The summed E-state index contributed by atoms with van der Waals surface area (Å²) in [5.41, 5.74) is 7.23. The zero-order valence-corrected chi connectivity index (χ0v) is 24.7. The molecule has 3 aromatic carbocycles. The molecular weight excluding hydrogens is 560 g/mol. The van der Waals surface area contributed by atoms with Gasteiger partial charge in [-0.3, -0.25) is 29.4 Å². The number of hydrogen-bond donors (Lipinski definition) is 2. The van der Waals surface area contributed by atoms with Crippen LogP contribution in [0.15, 0.2) is 97.1 Å². The number of hydrogen-bond acceptors (Lipinski definition) is 6. The summed E-state index contributed by atoms with van der Waals surface area (Å²) >= 11 is 0. The molecule has 228 valence electrons. The van der Waals surface area contributed by atoms with Gasteiger partial charge in [-0.25, -0.2) is 15.2 Å². The van der Waals surface area contributed by atoms with Crippen molar-refractivity contribution in [1.82, 2.24) is 20.8 Å². The van der Waals surface area contributed by atoms with Crippen LogP contribution in [-0.4, -0.2) is 39.6 Å². The molecule has 10 heteroatoms. The monoisotopic (exact) mass is 596 g/mol. The van der Waals surface area contributed by atoms with Gasteiger partial charge in [-0.15, -0.1) is 0 Å². The maximum Gasteiger partial charge on any atom is 0.353 e. The Bertz CT molecular complexity index is 1480. The average Bonchev–Trinajstić information content (AvgIpc) is 3.22. The predicted molar refractivity (Wildman–Crippen MR) is 163 cm³/mol. The summed E-state index contributed by atoms with van der Waals surface area (Å²) in [6.45, 7) is 3.80. The third-order valence-corrected chi connectivity index (χ3v) is 7.10. The molecule has 10 nitrogen and oxygen atoms in total. The van der Waals surface area contributed by atoms with Gasteiger partial charge in [0.25, 0.3) is 0 Å². The van der Waals surface area contributed by atoms with Crippen LogP contribution < -0.4 is 10.9 Å². The summed E-state index contributed by atoms with van der Waals surface area (Å²) in [6.07, 6.45) is 4.08. The minimum Gasteiger partial charge on any atom is -0.273 e. The van der Waals surface area contributed by atoms with Gasteiger partial charge in [0.15, 0.2) is 0 Å². The smallest absolute Gasteiger partial charge is 0.273 e. The Kier molecular flexibility index (Phi) is 11.1. The summed E-state index contributed by atoms with van der Waals surface area (Å²) in [7, 11) is 0. The number of carbonyl (C=O) groups excluding carboxylic acids is 5. The molecule has 2 N–H and O–H groups in total. The maximum atomic E-state index is 13.7. The largest absolute Gasteiger partial charge is 0.353 e. The molecule has 0 saturated carbocycles. The molecule has 1 saturated heterocycles. The van der Waals surface area contributed by atoms with Crippen molar-refractivity contribution in [2.24, 2.45) is 17.8 Å². The first-order valence-corrected chi connectivity index (χ1v) is 14.5. The van der Waals surface area contributed by atoms with E-state index in [9.17, 15) is 24.0 Å². The van der Waals surface area contributed by atoms with Crippen molar-refractivity contribution in [1.29, 1.82) is 0 Å². The average molecular weight is 597 g/mol. The summed E-state index contributed by atoms with van der Waals surface area (Å²) in [6, 6.07) is 26.6. The van der Waals surface area contributed by atoms with Gasteiger partial charge in [-0.1, -0.05) is 117 Å². The molecule has 1 fully saturated rings. The molecule has 6 amide bonds. The normalized spacial score (nSPS) is 14.8. The summed E-state index contributed by atoms with van der Waals surface area (Å²) in [4.78, 5) is 72.1. The van der Waals surface area contributed by atoms with Gasteiger partial charge < -0.3 is 0 Å². The lowest BCUT2D eigenvalue weighted by atomic mass is 9.82. The first kappa shape index (κ1) is 31.8. The molecule has 3 aromatic rings. The number of nitrogens with one attached hydrogen (secondary N) is 2. The summed E-state index contributed by atoms with van der Waals surface area (Å²) < 4.78 is 0. The Morgan fingerprint density at radius 2 is 1.36 bits per heavy atom. The highest BCUT2D eigenvalue weighted by atomic mass is 16.6. The van der Waals surface area contributed by atoms with Crippen molar-refractivity contribution in [3.05, 3.63) is 114 Å². The van der Waals surface area contributed by atoms with Crippen molar-refractivity contribution in [2.75, 3.05) is 0 Å². The van der Waals surface area contributed by atoms with Crippen LogP contribution in [0.2, 0.25) is 0 Å². The molecule has 4 rings (SSSR count). The topological polar surface area (TPSA) is 125 Å². The first-order valence-electron chi connectivity index (χ1n) is 14.5. The molecular formula is C34H36N4O6. The van der Waals surface area contributed by atoms with Gasteiger partial charge >= 0.3 is 17.8 Å². The standard InChI is InChI=1S/C34H36N4O6/c1-24(2)21-29(30(39)35-38-33(42)32(41)37(34(38)43)22-26-15-8-4-9-16-26)28(20-12-19-25-13-6-3-7-14-25)31(40)36-44-23-27-17-10-5-11-18-27/h3-19,24,28-29H,20-23H2,1-2H3,(H,35,39)(H,36,40)/b19-12-/t28-,29?/m1/s1. The molecule has 0 spiro atoms. The van der Waals surface area contributed by atoms with Crippen molar-refractivity contribution in [2.45, 2.75) is 39.8 Å². The first-order chi connectivity index (χ1) is 21.2. The van der Waals surface area contributed by atoms with Crippen LogP contribution in [0.5, 0.6) is 0 Å². The fourth-order valence-corrected chi connectivity index (χ4v) is 4.87. The Morgan fingerprint density at radius 3 is 1.98 bits per heavy atom. The molecule has 44 heavy (non-hydrogen) atoms. The van der Waals surface area contributed by atoms with Gasteiger partial charge in [0.05, 0.1) is 25.0 Å². The zero-order valence-electron chi connectivity index (χ0n) is 24.7. The minimum atomic E-state index is -1.17. The van der Waals surface area contributed by atoms with E-state index in [0.29, 0.717) is 10.6 Å². The molecule has 0 aromatic heterocycles. The van der Waals surface area contributed by atoms with Crippen LogP contribution in [0.4, 0.5) is 4.79 Å². The van der Waals surface area contributed by atoms with Gasteiger partial charge in [0.1, 0.15) is 0 Å². The van der Waals surface area contributed by atoms with E-state index in [0.717, 1.165) is 16.0 Å². The number of amides is 6. The van der Waals surface area contributed by atoms with E-state index < -0.39 is 41.5 Å². The molecule has 0 bridgehead atoms. The van der Waals surface area contributed by atoms with Crippen molar-refractivity contribution < 1.29 is 28.8 Å². The van der Waals surface area contributed by atoms with E-state index in [2.05, 4.69) is 10.9 Å². The lowest BCUT2D eigenvalue weighted by Gasteiger charge is -2.27. The fraction of sp³-hybridized carbons (Fsp3) is 0.265. The predicted octanol–water partition coefficient (Wildman–Crippen LogP) is 4.64. The van der Waals surface area contributed by atoms with E-state index in [1.165, 1.54) is 0 Å². The zero-order chi connectivity index (χ0) is 31.5. The molecule has 0 aliphatic carbocycles. The van der Waals surface area contributed by atoms with Gasteiger partial charge in [0.2, 0.25) is 11.8 Å². The Labute approximate surface area is 256 Å². The number of imide groups is 2. The van der Waals surface area contributed by atoms with E-state index in [1.54, 1.807) is 36.4 Å². The number of benzene rings is 3. The second-order valence-electron chi connectivity index (χ2n) is 10.9. The van der Waals surface area contributed by atoms with Crippen LogP contribution >= 0.6 is 0 Å². The number of carbonyl (C=O) groups is 5. The van der Waals surface area contributed by atoms with Crippen LogP contribution in [-0.2, 0) is 37.2 Å². The van der Waals surface area contributed by atoms with Crippen molar-refractivity contribution in [3.63, 3.8) is 0 Å². The minimum absolute atomic E-state index is 0.0226. The van der Waals surface area contributed by atoms with Crippen molar-refractivity contribution in [3.8, 4) is 0 Å². The number of hydroxylamine groups is 1. The third-order valence-electron chi connectivity index (χ3n) is 7.10. The SMILES string of the molecule is CC(C)CC(C(=O)NN1C(=O)C(=O)N(Cc2ccccc2)C1=O)[C@@H](C/C=C\c1ccccc1)C(=O)NOCc1ccccc1. The van der Waals surface area contributed by atoms with E-state index >= 15 is 0 Å². The number of nitrogens with zero attached hydrogens (tertiary/aromatic N) is 2. The molecule has 1 aliphatic rings. The maximum absolute atomic E-state index is 13.7. The summed E-state index contributed by atoms with van der Waals surface area (Å²) in [5.74, 6) is -5.38. The number of allylic oxidation sites excluding steroid dienone is 1. The number of rotatable bonds is 14. The Balaban J connectivity index is 1.52. The van der Waals surface area contributed by atoms with Gasteiger partial charge in [-0.05, 0) is 35.4 Å². The summed E-state index contributed by atoms with van der Waals surface area (Å²) in [5, 5.41) is 0.432. The highest BCUT2D eigenvalue weighted by Gasteiger charge is 2.47. The van der Waals surface area contributed by atoms with E-state index in [1.807, 2.05) is 80.6 Å². The second-order valence-corrected chi connectivity index (χ2v) is 10.9. The van der Waals surface area contributed by atoms with Gasteiger partial charge in [-0.2, -0.15) is 5.01 Å². The fourth-order valence-electron chi connectivity index (χ4n) is 4.87. The van der Waals surface area contributed by atoms with Crippen molar-refractivity contribution >= 4 is 35.7 Å². The van der Waals surface area contributed by atoms with E-state index in [-0.39, 0.29) is 31.9 Å². The molecule has 0 radical (unpaired) electrons. The Morgan fingerprint density at radius 1 is 0.773 bits per heavy atom. The molecule has 2 atom stereocenters. The molecule has 1 aliphatic heterocycles. The van der Waals surface area contributed by atoms with Crippen LogP contribution in [0.25, 0.3) is 6.08 Å². The Hall–Kier alpha value is -5.09. The second kappa shape index (κ2) is 15.4. The molecule has 1 unspecified atom stereocenters. The highest BCUT2D eigenvalue weighted by Crippen LogP contribution is 2.26. The lowest BCUT2D eigenvalue weighted by molar-refractivity contribution is -0.149. The lowest BCUT2D eigenvalue weighted by Crippen LogP contribution is -2.51. The third kappa shape index (κ3) is 8.48. The van der Waals surface area contributed by atoms with Crippen LogP contribution in [0.1, 0.15) is 43.4 Å². The van der Waals surface area contributed by atoms with Crippen LogP contribution in [0.3, 0.4) is 0 Å². The highest BCUT2D eigenvalue weighted by molar-refractivity contribution is 6.44. The van der Waals surface area contributed by atoms with Gasteiger partial charge in [0, 0.05) is 0 Å². The molecule has 1 heterocycles. The van der Waals surface area contributed by atoms with E-state index in [4.69, 9.17) is 4.84 Å². The van der Waals surface area contributed by atoms with Crippen LogP contribution in [0, 0.1) is 17.8 Å². The number of urea groups is 1. The number of hydrazine groups is 1.